The summed E-state index contributed by atoms with van der Waals surface area (Å²) < 4.78 is 18.8. The van der Waals surface area contributed by atoms with Crippen LogP contribution in [0, 0.1) is 5.82 Å². The average molecular weight is 361 g/mol. The van der Waals surface area contributed by atoms with E-state index >= 15 is 0 Å². The van der Waals surface area contributed by atoms with Gasteiger partial charge in [0.15, 0.2) is 0 Å². The van der Waals surface area contributed by atoms with Crippen molar-refractivity contribution in [2.45, 2.75) is 13.3 Å². The van der Waals surface area contributed by atoms with Gasteiger partial charge in [-0.05, 0) is 24.7 Å². The molecule has 116 valence electrons. The van der Waals surface area contributed by atoms with Crippen LogP contribution < -0.4 is 5.32 Å². The molecule has 0 aromatic heterocycles. The van der Waals surface area contributed by atoms with Crippen LogP contribution in [0.1, 0.15) is 13.3 Å². The number of carbonyl (C=O) groups excluding carboxylic acids is 2. The normalized spacial score (nSPS) is 10.5. The molecule has 0 aliphatic rings. The molecule has 0 fully saturated rings. The lowest BCUT2D eigenvalue weighted by Gasteiger charge is -2.19. The van der Waals surface area contributed by atoms with Gasteiger partial charge in [-0.1, -0.05) is 22.9 Å². The maximum atomic E-state index is 13.6. The summed E-state index contributed by atoms with van der Waals surface area (Å²) in [6, 6.07) is 4.42. The van der Waals surface area contributed by atoms with E-state index in [9.17, 15) is 14.0 Å². The summed E-state index contributed by atoms with van der Waals surface area (Å²) >= 11 is 3.15. The monoisotopic (exact) mass is 360 g/mol. The second-order valence-electron chi connectivity index (χ2n) is 4.37. The highest BCUT2D eigenvalue weighted by atomic mass is 79.9. The molecular formula is C14H18BrFN2O3. The molecule has 1 amide bonds. The predicted molar refractivity (Wildman–Crippen MR) is 81.5 cm³/mol. The molecule has 1 N–H and O–H groups in total. The van der Waals surface area contributed by atoms with E-state index in [1.165, 1.54) is 19.2 Å². The maximum absolute atomic E-state index is 13.6. The predicted octanol–water partition coefficient (Wildman–Crippen LogP) is 2.41. The Labute approximate surface area is 131 Å². The molecule has 0 atom stereocenters. The first-order valence-electron chi connectivity index (χ1n) is 6.50. The van der Waals surface area contributed by atoms with Crippen LogP contribution in [0.5, 0.6) is 0 Å². The molecule has 0 unspecified atom stereocenters. The van der Waals surface area contributed by atoms with E-state index in [0.29, 0.717) is 17.6 Å². The third kappa shape index (κ3) is 6.22. The molecule has 0 heterocycles. The molecule has 0 radical (unpaired) electrons. The third-order valence-electron chi connectivity index (χ3n) is 2.88. The minimum absolute atomic E-state index is 0.0863. The number of amides is 1. The molecule has 0 saturated heterocycles. The average Bonchev–Trinajstić information content (AvgIpc) is 2.46. The summed E-state index contributed by atoms with van der Waals surface area (Å²) in [5, 5.41) is 2.51. The van der Waals surface area contributed by atoms with Gasteiger partial charge in [-0.3, -0.25) is 14.5 Å². The summed E-state index contributed by atoms with van der Waals surface area (Å²) in [5.41, 5.74) is 0.132. The topological polar surface area (TPSA) is 58.6 Å². The fourth-order valence-corrected chi connectivity index (χ4v) is 2.02. The zero-order chi connectivity index (χ0) is 15.8. The zero-order valence-corrected chi connectivity index (χ0v) is 13.6. The number of nitrogens with zero attached hydrogens (tertiary/aromatic N) is 1. The summed E-state index contributed by atoms with van der Waals surface area (Å²) in [7, 11) is 1.32. The van der Waals surface area contributed by atoms with Gasteiger partial charge in [0, 0.05) is 11.0 Å². The van der Waals surface area contributed by atoms with Crippen molar-refractivity contribution in [1.29, 1.82) is 0 Å². The standard InChI is InChI=1S/C14H18BrFN2O3/c1-3-18(7-6-14(20)21-2)9-13(19)17-12-5-4-10(15)8-11(12)16/h4-5,8H,3,6-7,9H2,1-2H3,(H,17,19). The van der Waals surface area contributed by atoms with E-state index in [1.54, 1.807) is 11.0 Å². The minimum atomic E-state index is -0.504. The van der Waals surface area contributed by atoms with Gasteiger partial charge in [0.25, 0.3) is 0 Å². The van der Waals surface area contributed by atoms with Gasteiger partial charge < -0.3 is 10.1 Å². The second kappa shape index (κ2) is 8.74. The van der Waals surface area contributed by atoms with Crippen LogP contribution >= 0.6 is 15.9 Å². The molecule has 0 aliphatic carbocycles. The molecular weight excluding hydrogens is 343 g/mol. The summed E-state index contributed by atoms with van der Waals surface area (Å²) in [5.74, 6) is -1.16. The largest absolute Gasteiger partial charge is 0.469 e. The Kier molecular flexibility index (Phi) is 7.31. The zero-order valence-electron chi connectivity index (χ0n) is 12.0. The fraction of sp³-hybridized carbons (Fsp3) is 0.429. The molecule has 1 aromatic rings. The number of nitrogens with one attached hydrogen (secondary N) is 1. The Balaban J connectivity index is 2.52. The number of anilines is 1. The number of hydrogen-bond donors (Lipinski definition) is 1. The molecule has 21 heavy (non-hydrogen) atoms. The van der Waals surface area contributed by atoms with Crippen LogP contribution in [0.2, 0.25) is 0 Å². The van der Waals surface area contributed by atoms with Gasteiger partial charge in [-0.15, -0.1) is 0 Å². The van der Waals surface area contributed by atoms with Gasteiger partial charge >= 0.3 is 5.97 Å². The first-order valence-corrected chi connectivity index (χ1v) is 7.29. The number of halogens is 2. The van der Waals surface area contributed by atoms with Crippen molar-refractivity contribution >= 4 is 33.5 Å². The highest BCUT2D eigenvalue weighted by molar-refractivity contribution is 9.10. The summed E-state index contributed by atoms with van der Waals surface area (Å²) in [4.78, 5) is 24.7. The maximum Gasteiger partial charge on any atom is 0.306 e. The van der Waals surface area contributed by atoms with E-state index in [0.717, 1.165) is 0 Å². The van der Waals surface area contributed by atoms with E-state index in [4.69, 9.17) is 0 Å². The van der Waals surface area contributed by atoms with Crippen LogP contribution in [0.25, 0.3) is 0 Å². The first kappa shape index (κ1) is 17.6. The highest BCUT2D eigenvalue weighted by Crippen LogP contribution is 2.19. The van der Waals surface area contributed by atoms with Crippen LogP contribution in [0.15, 0.2) is 22.7 Å². The molecule has 0 spiro atoms. The van der Waals surface area contributed by atoms with Crippen LogP contribution in [0.3, 0.4) is 0 Å². The van der Waals surface area contributed by atoms with Gasteiger partial charge in [-0.2, -0.15) is 0 Å². The van der Waals surface area contributed by atoms with Crippen molar-refractivity contribution in [3.8, 4) is 0 Å². The molecule has 7 heteroatoms. The number of likely N-dealkylation sites (N-methyl/N-ethyl adjacent to an activating group) is 1. The van der Waals surface area contributed by atoms with E-state index in [2.05, 4.69) is 26.0 Å². The number of ether oxygens (including phenoxy) is 1. The quantitative estimate of drug-likeness (QED) is 0.758. The van der Waals surface area contributed by atoms with E-state index in [-0.39, 0.29) is 30.5 Å². The van der Waals surface area contributed by atoms with Crippen molar-refractivity contribution in [2.24, 2.45) is 0 Å². The van der Waals surface area contributed by atoms with Crippen molar-refractivity contribution in [1.82, 2.24) is 4.90 Å². The molecule has 0 saturated carbocycles. The van der Waals surface area contributed by atoms with Crippen molar-refractivity contribution in [2.75, 3.05) is 32.1 Å². The number of esters is 1. The van der Waals surface area contributed by atoms with Crippen LogP contribution in [-0.4, -0.2) is 43.5 Å². The number of carbonyl (C=O) groups is 2. The second-order valence-corrected chi connectivity index (χ2v) is 5.28. The molecule has 0 bridgehead atoms. The molecule has 1 aromatic carbocycles. The Morgan fingerprint density at radius 1 is 1.43 bits per heavy atom. The Bertz CT molecular complexity index is 511. The molecule has 0 aliphatic heterocycles. The van der Waals surface area contributed by atoms with Crippen molar-refractivity contribution in [3.63, 3.8) is 0 Å². The van der Waals surface area contributed by atoms with E-state index in [1.807, 2.05) is 6.92 Å². The van der Waals surface area contributed by atoms with Crippen LogP contribution in [-0.2, 0) is 14.3 Å². The lowest BCUT2D eigenvalue weighted by atomic mass is 10.3. The van der Waals surface area contributed by atoms with Gasteiger partial charge in [0.2, 0.25) is 5.91 Å². The lowest BCUT2D eigenvalue weighted by molar-refractivity contribution is -0.141. The summed E-state index contributed by atoms with van der Waals surface area (Å²) in [6.07, 6.45) is 0.213. The smallest absolute Gasteiger partial charge is 0.306 e. The van der Waals surface area contributed by atoms with Crippen molar-refractivity contribution < 1.29 is 18.7 Å². The number of methoxy groups -OCH3 is 1. The van der Waals surface area contributed by atoms with Gasteiger partial charge in [-0.25, -0.2) is 4.39 Å². The van der Waals surface area contributed by atoms with Crippen LogP contribution in [0.4, 0.5) is 10.1 Å². The van der Waals surface area contributed by atoms with Crippen molar-refractivity contribution in [3.05, 3.63) is 28.5 Å². The minimum Gasteiger partial charge on any atom is -0.469 e. The molecule has 1 rings (SSSR count). The number of hydrogen-bond acceptors (Lipinski definition) is 4. The third-order valence-corrected chi connectivity index (χ3v) is 3.37. The SMILES string of the molecule is CCN(CCC(=O)OC)CC(=O)Nc1ccc(Br)cc1F. The van der Waals surface area contributed by atoms with E-state index < -0.39 is 5.82 Å². The molecule has 5 nitrogen and oxygen atoms in total. The van der Waals surface area contributed by atoms with Gasteiger partial charge in [0.1, 0.15) is 5.82 Å². The lowest BCUT2D eigenvalue weighted by Crippen LogP contribution is -2.34. The Morgan fingerprint density at radius 3 is 2.71 bits per heavy atom. The summed E-state index contributed by atoms with van der Waals surface area (Å²) in [6.45, 7) is 2.99. The highest BCUT2D eigenvalue weighted by Gasteiger charge is 2.13. The first-order chi connectivity index (χ1) is 9.96. The number of benzene rings is 1. The Morgan fingerprint density at radius 2 is 2.14 bits per heavy atom. The fourth-order valence-electron chi connectivity index (χ4n) is 1.68. The number of rotatable bonds is 7. The van der Waals surface area contributed by atoms with Gasteiger partial charge in [0.05, 0.1) is 25.8 Å². The Hall–Kier alpha value is -1.47.